The zero-order chi connectivity index (χ0) is 15.4. The van der Waals surface area contributed by atoms with Gasteiger partial charge in [-0.15, -0.1) is 5.10 Å². The van der Waals surface area contributed by atoms with Gasteiger partial charge in [-0.2, -0.15) is 5.26 Å². The first-order valence-corrected chi connectivity index (χ1v) is 6.69. The summed E-state index contributed by atoms with van der Waals surface area (Å²) in [6, 6.07) is 16.5. The lowest BCUT2D eigenvalue weighted by atomic mass is 10.1. The highest BCUT2D eigenvalue weighted by Crippen LogP contribution is 2.13. The number of hydrogen-bond donors (Lipinski definition) is 0. The Balaban J connectivity index is 1.76. The van der Waals surface area contributed by atoms with Crippen molar-refractivity contribution in [3.63, 3.8) is 0 Å². The molecule has 0 unspecified atom stereocenters. The van der Waals surface area contributed by atoms with Crippen LogP contribution >= 0.6 is 0 Å². The van der Waals surface area contributed by atoms with Crippen LogP contribution in [0.2, 0.25) is 0 Å². The largest absolute Gasteiger partial charge is 0.447 e. The van der Waals surface area contributed by atoms with Gasteiger partial charge in [-0.1, -0.05) is 29.5 Å². The minimum Gasteiger partial charge on any atom is -0.447 e. The number of benzene rings is 2. The lowest BCUT2D eigenvalue weighted by Gasteiger charge is -2.04. The zero-order valence-corrected chi connectivity index (χ0v) is 11.6. The number of carbonyl (C=O) groups is 1. The number of nitrogens with zero attached hydrogens (tertiary/aromatic N) is 4. The lowest BCUT2D eigenvalue weighted by Crippen LogP contribution is -2.06. The molecule has 0 aliphatic carbocycles. The van der Waals surface area contributed by atoms with Crippen molar-refractivity contribution >= 4 is 17.0 Å². The van der Waals surface area contributed by atoms with Crippen molar-refractivity contribution in [3.8, 4) is 6.07 Å². The number of aromatic nitrogens is 3. The van der Waals surface area contributed by atoms with Crippen LogP contribution in [-0.2, 0) is 11.3 Å². The highest BCUT2D eigenvalue weighted by Gasteiger charge is 2.08. The zero-order valence-electron chi connectivity index (χ0n) is 11.6. The van der Waals surface area contributed by atoms with Crippen molar-refractivity contribution in [2.24, 2.45) is 0 Å². The van der Waals surface area contributed by atoms with Gasteiger partial charge in [0.1, 0.15) is 11.6 Å². The first-order valence-electron chi connectivity index (χ1n) is 6.69. The Hall–Kier alpha value is -3.20. The van der Waals surface area contributed by atoms with Gasteiger partial charge in [-0.3, -0.25) is 0 Å². The molecular weight excluding hydrogens is 280 g/mol. The number of fused-ring (bicyclic) bond motifs is 1. The van der Waals surface area contributed by atoms with Crippen LogP contribution in [-0.4, -0.2) is 27.6 Å². The molecule has 0 spiro atoms. The van der Waals surface area contributed by atoms with Gasteiger partial charge in [0, 0.05) is 0 Å². The van der Waals surface area contributed by atoms with Gasteiger partial charge in [0.25, 0.3) is 0 Å². The van der Waals surface area contributed by atoms with E-state index in [4.69, 9.17) is 10.00 Å². The Kier molecular flexibility index (Phi) is 3.79. The fourth-order valence-corrected chi connectivity index (χ4v) is 2.13. The highest BCUT2D eigenvalue weighted by atomic mass is 16.5. The third-order valence-corrected chi connectivity index (χ3v) is 3.21. The Morgan fingerprint density at radius 2 is 1.95 bits per heavy atom. The molecule has 108 valence electrons. The van der Waals surface area contributed by atoms with E-state index in [0.29, 0.717) is 12.1 Å². The summed E-state index contributed by atoms with van der Waals surface area (Å²) in [7, 11) is 0. The third kappa shape index (κ3) is 2.79. The van der Waals surface area contributed by atoms with Gasteiger partial charge >= 0.3 is 5.97 Å². The minimum absolute atomic E-state index is 0.245. The molecule has 1 heterocycles. The van der Waals surface area contributed by atoms with Crippen molar-refractivity contribution in [2.75, 3.05) is 6.61 Å². The van der Waals surface area contributed by atoms with E-state index in [2.05, 4.69) is 10.3 Å². The maximum atomic E-state index is 11.6. The smallest absolute Gasteiger partial charge is 0.339 e. The summed E-state index contributed by atoms with van der Waals surface area (Å²) in [5.74, 6) is -0.501. The Morgan fingerprint density at radius 3 is 2.73 bits per heavy atom. The van der Waals surface area contributed by atoms with Gasteiger partial charge in [0.15, 0.2) is 6.61 Å². The fraction of sp³-hybridized carbons (Fsp3) is 0.125. The van der Waals surface area contributed by atoms with Crippen molar-refractivity contribution in [2.45, 2.75) is 6.54 Å². The Morgan fingerprint density at radius 1 is 1.18 bits per heavy atom. The maximum absolute atomic E-state index is 11.6. The summed E-state index contributed by atoms with van der Waals surface area (Å²) >= 11 is 0. The van der Waals surface area contributed by atoms with Crippen molar-refractivity contribution in [3.05, 3.63) is 59.7 Å². The van der Waals surface area contributed by atoms with Crippen LogP contribution in [0.15, 0.2) is 48.5 Å². The van der Waals surface area contributed by atoms with E-state index in [1.807, 2.05) is 36.4 Å². The number of hydrogen-bond acceptors (Lipinski definition) is 5. The highest BCUT2D eigenvalue weighted by molar-refractivity contribution is 5.89. The predicted molar refractivity (Wildman–Crippen MR) is 79.0 cm³/mol. The third-order valence-electron chi connectivity index (χ3n) is 3.21. The van der Waals surface area contributed by atoms with E-state index in [-0.39, 0.29) is 6.61 Å². The van der Waals surface area contributed by atoms with Crippen LogP contribution < -0.4 is 0 Å². The number of carbonyl (C=O) groups excluding carboxylic acids is 1. The van der Waals surface area contributed by atoms with Crippen LogP contribution in [0.3, 0.4) is 0 Å². The van der Waals surface area contributed by atoms with Crippen molar-refractivity contribution in [1.29, 1.82) is 5.26 Å². The summed E-state index contributed by atoms with van der Waals surface area (Å²) < 4.78 is 6.56. The van der Waals surface area contributed by atoms with E-state index < -0.39 is 5.97 Å². The second kappa shape index (κ2) is 6.06. The molecule has 0 saturated carbocycles. The summed E-state index contributed by atoms with van der Waals surface area (Å²) in [4.78, 5) is 11.6. The summed E-state index contributed by atoms with van der Waals surface area (Å²) in [5, 5.41) is 16.6. The number of ether oxygens (including phenoxy) is 1. The Labute approximate surface area is 126 Å². The quantitative estimate of drug-likeness (QED) is 0.688. The average Bonchev–Trinajstić information content (AvgIpc) is 2.96. The molecule has 0 atom stereocenters. The molecule has 2 aromatic carbocycles. The fourth-order valence-electron chi connectivity index (χ4n) is 2.13. The van der Waals surface area contributed by atoms with Crippen molar-refractivity contribution in [1.82, 2.24) is 15.0 Å². The molecule has 0 aliphatic rings. The molecular formula is C16H12N4O2. The molecule has 0 saturated heterocycles. The second-order valence-corrected chi connectivity index (χ2v) is 4.67. The van der Waals surface area contributed by atoms with E-state index in [1.165, 1.54) is 0 Å². The molecule has 0 N–H and O–H groups in total. The lowest BCUT2D eigenvalue weighted by molar-refractivity contribution is 0.0555. The topological polar surface area (TPSA) is 80.8 Å². The van der Waals surface area contributed by atoms with E-state index in [1.54, 1.807) is 22.9 Å². The monoisotopic (exact) mass is 292 g/mol. The molecule has 3 rings (SSSR count). The van der Waals surface area contributed by atoms with Gasteiger partial charge in [0.2, 0.25) is 0 Å². The SMILES string of the molecule is N#CCOC(=O)c1ccc(Cn2nnc3ccccc32)cc1. The second-order valence-electron chi connectivity index (χ2n) is 4.67. The van der Waals surface area contributed by atoms with Gasteiger partial charge in [-0.25, -0.2) is 9.48 Å². The molecule has 0 bridgehead atoms. The van der Waals surface area contributed by atoms with E-state index in [9.17, 15) is 4.79 Å². The van der Waals surface area contributed by atoms with Gasteiger partial charge in [0.05, 0.1) is 17.6 Å². The number of rotatable bonds is 4. The van der Waals surface area contributed by atoms with Gasteiger partial charge in [-0.05, 0) is 29.8 Å². The number of esters is 1. The van der Waals surface area contributed by atoms with Crippen LogP contribution in [0.4, 0.5) is 0 Å². The van der Waals surface area contributed by atoms with Crippen LogP contribution in [0.25, 0.3) is 11.0 Å². The van der Waals surface area contributed by atoms with Crippen LogP contribution in [0.5, 0.6) is 0 Å². The van der Waals surface area contributed by atoms with E-state index in [0.717, 1.165) is 16.6 Å². The molecule has 6 heteroatoms. The number of para-hydroxylation sites is 1. The summed E-state index contributed by atoms with van der Waals surface area (Å²) in [6.45, 7) is 0.319. The predicted octanol–water partition coefficient (Wildman–Crippen LogP) is 2.16. The van der Waals surface area contributed by atoms with Crippen LogP contribution in [0.1, 0.15) is 15.9 Å². The molecule has 0 fully saturated rings. The van der Waals surface area contributed by atoms with E-state index >= 15 is 0 Å². The molecule has 0 amide bonds. The normalized spacial score (nSPS) is 10.3. The molecule has 1 aromatic heterocycles. The molecule has 0 aliphatic heterocycles. The number of nitriles is 1. The molecule has 22 heavy (non-hydrogen) atoms. The first-order chi connectivity index (χ1) is 10.8. The minimum atomic E-state index is -0.501. The molecule has 3 aromatic rings. The molecule has 6 nitrogen and oxygen atoms in total. The average molecular weight is 292 g/mol. The Bertz CT molecular complexity index is 846. The standard InChI is InChI=1S/C16H12N4O2/c17-9-10-22-16(21)13-7-5-12(6-8-13)11-20-15-4-2-1-3-14(15)18-19-20/h1-8H,10-11H2. The first kappa shape index (κ1) is 13.8. The maximum Gasteiger partial charge on any atom is 0.339 e. The van der Waals surface area contributed by atoms with Gasteiger partial charge < -0.3 is 4.74 Å². The van der Waals surface area contributed by atoms with Crippen LogP contribution in [0, 0.1) is 11.3 Å². The molecule has 0 radical (unpaired) electrons. The summed E-state index contributed by atoms with van der Waals surface area (Å²) in [5.41, 5.74) is 3.22. The van der Waals surface area contributed by atoms with Crippen molar-refractivity contribution < 1.29 is 9.53 Å². The summed E-state index contributed by atoms with van der Waals surface area (Å²) in [6.07, 6.45) is 0.